The Hall–Kier alpha value is -1.95. The fraction of sp³-hybridized carbons (Fsp3) is 0.500. The monoisotopic (exact) mass is 350 g/mol. The lowest BCUT2D eigenvalue weighted by Gasteiger charge is -2.17. The molecule has 0 saturated carbocycles. The number of hydrogen-bond donors (Lipinski definition) is 2. The lowest BCUT2D eigenvalue weighted by Crippen LogP contribution is -2.36. The van der Waals surface area contributed by atoms with Gasteiger partial charge in [-0.2, -0.15) is 0 Å². The van der Waals surface area contributed by atoms with Gasteiger partial charge in [0.05, 0.1) is 12.2 Å². The van der Waals surface area contributed by atoms with E-state index in [-0.39, 0.29) is 22.4 Å². The van der Waals surface area contributed by atoms with E-state index in [9.17, 15) is 9.59 Å². The summed E-state index contributed by atoms with van der Waals surface area (Å²) in [4.78, 5) is 23.6. The van der Waals surface area contributed by atoms with Crippen LogP contribution in [0.5, 0.6) is 0 Å². The molecule has 0 spiro atoms. The summed E-state index contributed by atoms with van der Waals surface area (Å²) in [6.45, 7) is 8.43. The van der Waals surface area contributed by atoms with Crippen LogP contribution in [0.4, 0.5) is 5.69 Å². The fourth-order valence-electron chi connectivity index (χ4n) is 1.90. The van der Waals surface area contributed by atoms with Crippen molar-refractivity contribution in [1.29, 1.82) is 0 Å². The van der Waals surface area contributed by atoms with Crippen LogP contribution in [0.3, 0.4) is 0 Å². The second-order valence-electron chi connectivity index (χ2n) is 6.81. The van der Waals surface area contributed by atoms with E-state index < -0.39 is 0 Å². The Morgan fingerprint density at radius 3 is 2.33 bits per heavy atom. The Bertz CT molecular complexity index is 577. The Kier molecular flexibility index (Phi) is 7.85. The maximum absolute atomic E-state index is 11.8. The summed E-state index contributed by atoms with van der Waals surface area (Å²) >= 11 is 5.12. The molecule has 0 aromatic heterocycles. The van der Waals surface area contributed by atoms with Gasteiger partial charge < -0.3 is 15.4 Å². The van der Waals surface area contributed by atoms with Gasteiger partial charge in [-0.05, 0) is 48.3 Å². The summed E-state index contributed by atoms with van der Waals surface area (Å²) < 4.78 is 5.15. The lowest BCUT2D eigenvalue weighted by molar-refractivity contribution is -0.121. The van der Waals surface area contributed by atoms with Crippen LogP contribution in [0.25, 0.3) is 0 Å². The SMILES string of the molecule is CCCCOC(=O)c1ccc(NC(=S)NC(=O)CC(C)(C)C)cc1. The number of esters is 1. The quantitative estimate of drug-likeness (QED) is 0.463. The van der Waals surface area contributed by atoms with Crippen molar-refractivity contribution in [1.82, 2.24) is 5.32 Å². The van der Waals surface area contributed by atoms with Gasteiger partial charge in [-0.25, -0.2) is 4.79 Å². The summed E-state index contributed by atoms with van der Waals surface area (Å²) in [6, 6.07) is 6.77. The molecular weight excluding hydrogens is 324 g/mol. The van der Waals surface area contributed by atoms with Gasteiger partial charge in [0.1, 0.15) is 0 Å². The van der Waals surface area contributed by atoms with E-state index in [1.807, 2.05) is 27.7 Å². The number of hydrogen-bond acceptors (Lipinski definition) is 4. The van der Waals surface area contributed by atoms with Gasteiger partial charge >= 0.3 is 5.97 Å². The van der Waals surface area contributed by atoms with Gasteiger partial charge in [-0.1, -0.05) is 34.1 Å². The number of ether oxygens (including phenoxy) is 1. The molecule has 132 valence electrons. The van der Waals surface area contributed by atoms with Crippen molar-refractivity contribution in [2.45, 2.75) is 47.0 Å². The van der Waals surface area contributed by atoms with E-state index in [2.05, 4.69) is 10.6 Å². The molecule has 0 aliphatic heterocycles. The molecule has 0 bridgehead atoms. The Morgan fingerprint density at radius 2 is 1.79 bits per heavy atom. The van der Waals surface area contributed by atoms with Crippen LogP contribution in [0.15, 0.2) is 24.3 Å². The van der Waals surface area contributed by atoms with Crippen LogP contribution < -0.4 is 10.6 Å². The first-order valence-corrected chi connectivity index (χ1v) is 8.50. The maximum atomic E-state index is 11.8. The molecule has 2 N–H and O–H groups in total. The van der Waals surface area contributed by atoms with Crippen LogP contribution in [0.2, 0.25) is 0 Å². The smallest absolute Gasteiger partial charge is 0.338 e. The van der Waals surface area contributed by atoms with Gasteiger partial charge in [0.15, 0.2) is 5.11 Å². The molecule has 0 unspecified atom stereocenters. The van der Waals surface area contributed by atoms with Crippen LogP contribution in [-0.2, 0) is 9.53 Å². The number of thiocarbonyl (C=S) groups is 1. The summed E-state index contributed by atoms with van der Waals surface area (Å²) in [5, 5.41) is 5.81. The van der Waals surface area contributed by atoms with Crippen LogP contribution >= 0.6 is 12.2 Å². The van der Waals surface area contributed by atoms with Crippen molar-refractivity contribution in [2.24, 2.45) is 5.41 Å². The molecule has 1 amide bonds. The average molecular weight is 350 g/mol. The lowest BCUT2D eigenvalue weighted by atomic mass is 9.92. The first kappa shape index (κ1) is 20.1. The zero-order valence-corrected chi connectivity index (χ0v) is 15.6. The molecule has 0 heterocycles. The first-order chi connectivity index (χ1) is 11.2. The predicted molar refractivity (Wildman–Crippen MR) is 100 cm³/mol. The summed E-state index contributed by atoms with van der Waals surface area (Å²) in [5.74, 6) is -0.466. The van der Waals surface area contributed by atoms with E-state index in [0.29, 0.717) is 24.3 Å². The highest BCUT2D eigenvalue weighted by Gasteiger charge is 2.16. The van der Waals surface area contributed by atoms with Crippen molar-refractivity contribution < 1.29 is 14.3 Å². The molecule has 6 heteroatoms. The molecule has 0 aliphatic rings. The molecule has 0 atom stereocenters. The normalized spacial score (nSPS) is 10.8. The zero-order valence-electron chi connectivity index (χ0n) is 14.8. The van der Waals surface area contributed by atoms with E-state index in [4.69, 9.17) is 17.0 Å². The number of amides is 1. The molecule has 0 radical (unpaired) electrons. The van der Waals surface area contributed by atoms with Gasteiger partial charge in [0.25, 0.3) is 0 Å². The number of rotatable bonds is 6. The topological polar surface area (TPSA) is 67.4 Å². The summed E-state index contributed by atoms with van der Waals surface area (Å²) in [7, 11) is 0. The Morgan fingerprint density at radius 1 is 1.17 bits per heavy atom. The van der Waals surface area contributed by atoms with Crippen LogP contribution in [0, 0.1) is 5.41 Å². The molecule has 0 saturated heterocycles. The Balaban J connectivity index is 2.50. The minimum absolute atomic E-state index is 0.0977. The molecule has 1 aromatic carbocycles. The second-order valence-corrected chi connectivity index (χ2v) is 7.21. The van der Waals surface area contributed by atoms with E-state index >= 15 is 0 Å². The number of carbonyl (C=O) groups is 2. The summed E-state index contributed by atoms with van der Waals surface area (Å²) in [6.07, 6.45) is 2.22. The number of nitrogens with one attached hydrogen (secondary N) is 2. The summed E-state index contributed by atoms with van der Waals surface area (Å²) in [5.41, 5.74) is 1.08. The molecule has 0 aliphatic carbocycles. The van der Waals surface area contributed by atoms with E-state index in [1.54, 1.807) is 24.3 Å². The van der Waals surface area contributed by atoms with Gasteiger partial charge in [0.2, 0.25) is 5.91 Å². The van der Waals surface area contributed by atoms with Crippen molar-refractivity contribution in [3.8, 4) is 0 Å². The van der Waals surface area contributed by atoms with Crippen molar-refractivity contribution in [3.63, 3.8) is 0 Å². The highest BCUT2D eigenvalue weighted by atomic mass is 32.1. The van der Waals surface area contributed by atoms with E-state index in [0.717, 1.165) is 12.8 Å². The predicted octanol–water partition coefficient (Wildman–Crippen LogP) is 3.89. The van der Waals surface area contributed by atoms with Crippen molar-refractivity contribution in [2.75, 3.05) is 11.9 Å². The number of anilines is 1. The standard InChI is InChI=1S/C18H26N2O3S/c1-5-6-11-23-16(22)13-7-9-14(10-8-13)19-17(24)20-15(21)12-18(2,3)4/h7-10H,5-6,11-12H2,1-4H3,(H2,19,20,21,24). The van der Waals surface area contributed by atoms with Gasteiger partial charge in [-0.15, -0.1) is 0 Å². The minimum atomic E-state index is -0.337. The van der Waals surface area contributed by atoms with Crippen LogP contribution in [0.1, 0.15) is 57.3 Å². The number of carbonyl (C=O) groups excluding carboxylic acids is 2. The number of benzene rings is 1. The highest BCUT2D eigenvalue weighted by molar-refractivity contribution is 7.80. The molecule has 24 heavy (non-hydrogen) atoms. The maximum Gasteiger partial charge on any atom is 0.338 e. The van der Waals surface area contributed by atoms with Gasteiger partial charge in [-0.3, -0.25) is 4.79 Å². The average Bonchev–Trinajstić information content (AvgIpc) is 2.45. The van der Waals surface area contributed by atoms with Crippen molar-refractivity contribution in [3.05, 3.63) is 29.8 Å². The molecule has 0 fully saturated rings. The largest absolute Gasteiger partial charge is 0.462 e. The molecule has 5 nitrogen and oxygen atoms in total. The van der Waals surface area contributed by atoms with Crippen molar-refractivity contribution >= 4 is 34.9 Å². The third-order valence-electron chi connectivity index (χ3n) is 3.05. The van der Waals surface area contributed by atoms with E-state index in [1.165, 1.54) is 0 Å². The first-order valence-electron chi connectivity index (χ1n) is 8.09. The number of unbranched alkanes of at least 4 members (excludes halogenated alkanes) is 1. The molecule has 1 rings (SSSR count). The molecular formula is C18H26N2O3S. The third kappa shape index (κ3) is 8.06. The van der Waals surface area contributed by atoms with Crippen LogP contribution in [-0.4, -0.2) is 23.6 Å². The fourth-order valence-corrected chi connectivity index (χ4v) is 2.13. The second kappa shape index (κ2) is 9.37. The third-order valence-corrected chi connectivity index (χ3v) is 3.26. The minimum Gasteiger partial charge on any atom is -0.462 e. The zero-order chi connectivity index (χ0) is 18.2. The highest BCUT2D eigenvalue weighted by Crippen LogP contribution is 2.18. The molecule has 1 aromatic rings. The van der Waals surface area contributed by atoms with Gasteiger partial charge in [0, 0.05) is 12.1 Å². The Labute approximate surface area is 149 Å².